The standard InChI is InChI=1S/C14H14NO4P/c1-11(13-9-5-6-10-14(13)15(16)17)20(18,19)12-7-3-2-4-8-12/h2-11H,1H3,(H,18,19). The molecule has 2 rings (SSSR count). The summed E-state index contributed by atoms with van der Waals surface area (Å²) in [5.41, 5.74) is -0.705. The summed E-state index contributed by atoms with van der Waals surface area (Å²) in [7, 11) is -3.73. The molecule has 0 radical (unpaired) electrons. The van der Waals surface area contributed by atoms with E-state index in [1.807, 2.05) is 0 Å². The lowest BCUT2D eigenvalue weighted by Crippen LogP contribution is -2.10. The molecule has 0 heterocycles. The van der Waals surface area contributed by atoms with Gasteiger partial charge in [-0.15, -0.1) is 0 Å². The third kappa shape index (κ3) is 2.64. The number of nitrogens with zero attached hydrogens (tertiary/aromatic N) is 1. The summed E-state index contributed by atoms with van der Waals surface area (Å²) in [6.07, 6.45) is 0. The van der Waals surface area contributed by atoms with E-state index in [9.17, 15) is 19.6 Å². The molecule has 5 nitrogen and oxygen atoms in total. The van der Waals surface area contributed by atoms with Crippen molar-refractivity contribution in [2.24, 2.45) is 0 Å². The summed E-state index contributed by atoms with van der Waals surface area (Å²) in [5.74, 6) is 0. The summed E-state index contributed by atoms with van der Waals surface area (Å²) >= 11 is 0. The van der Waals surface area contributed by atoms with Gasteiger partial charge in [-0.3, -0.25) is 14.7 Å². The number of rotatable bonds is 4. The van der Waals surface area contributed by atoms with Crippen molar-refractivity contribution >= 4 is 18.4 Å². The Balaban J connectivity index is 2.49. The van der Waals surface area contributed by atoms with E-state index in [-0.39, 0.29) is 11.3 Å². The molecule has 2 aromatic rings. The molecule has 0 aromatic heterocycles. The van der Waals surface area contributed by atoms with E-state index in [0.717, 1.165) is 0 Å². The van der Waals surface area contributed by atoms with Gasteiger partial charge in [-0.25, -0.2) is 0 Å². The topological polar surface area (TPSA) is 80.4 Å². The fourth-order valence-electron chi connectivity index (χ4n) is 2.06. The van der Waals surface area contributed by atoms with Crippen molar-refractivity contribution in [3.63, 3.8) is 0 Å². The van der Waals surface area contributed by atoms with Crippen LogP contribution in [0.15, 0.2) is 54.6 Å². The van der Waals surface area contributed by atoms with Crippen LogP contribution in [0, 0.1) is 10.1 Å². The first-order valence-electron chi connectivity index (χ1n) is 6.06. The Morgan fingerprint density at radius 3 is 2.25 bits per heavy atom. The molecule has 20 heavy (non-hydrogen) atoms. The van der Waals surface area contributed by atoms with Crippen LogP contribution in [0.25, 0.3) is 0 Å². The summed E-state index contributed by atoms with van der Waals surface area (Å²) in [4.78, 5) is 20.8. The summed E-state index contributed by atoms with van der Waals surface area (Å²) < 4.78 is 12.6. The van der Waals surface area contributed by atoms with Gasteiger partial charge in [0.1, 0.15) is 0 Å². The van der Waals surface area contributed by atoms with E-state index in [4.69, 9.17) is 0 Å². The lowest BCUT2D eigenvalue weighted by molar-refractivity contribution is -0.385. The van der Waals surface area contributed by atoms with Gasteiger partial charge in [-0.05, 0) is 19.1 Å². The van der Waals surface area contributed by atoms with Crippen molar-refractivity contribution < 1.29 is 14.4 Å². The molecule has 2 atom stereocenters. The highest BCUT2D eigenvalue weighted by Gasteiger charge is 2.34. The largest absolute Gasteiger partial charge is 0.341 e. The van der Waals surface area contributed by atoms with Crippen molar-refractivity contribution in [2.45, 2.75) is 12.6 Å². The van der Waals surface area contributed by atoms with Crippen molar-refractivity contribution in [1.29, 1.82) is 0 Å². The van der Waals surface area contributed by atoms with Gasteiger partial charge in [0.2, 0.25) is 7.37 Å². The highest BCUT2D eigenvalue weighted by Crippen LogP contribution is 2.55. The van der Waals surface area contributed by atoms with Gasteiger partial charge >= 0.3 is 0 Å². The Morgan fingerprint density at radius 2 is 1.65 bits per heavy atom. The minimum Gasteiger partial charge on any atom is -0.341 e. The van der Waals surface area contributed by atoms with Crippen molar-refractivity contribution in [2.75, 3.05) is 0 Å². The van der Waals surface area contributed by atoms with E-state index >= 15 is 0 Å². The SMILES string of the molecule is CC(c1ccccc1[N+](=O)[O-])P(=O)(O)c1ccccc1. The second-order valence-corrected chi connectivity index (χ2v) is 6.99. The van der Waals surface area contributed by atoms with E-state index in [1.54, 1.807) is 42.5 Å². The first-order chi connectivity index (χ1) is 9.44. The maximum absolute atomic E-state index is 12.6. The summed E-state index contributed by atoms with van der Waals surface area (Å²) in [6, 6.07) is 14.3. The van der Waals surface area contributed by atoms with Gasteiger partial charge < -0.3 is 4.89 Å². The average molecular weight is 291 g/mol. The molecule has 0 aliphatic carbocycles. The lowest BCUT2D eigenvalue weighted by atomic mass is 10.1. The van der Waals surface area contributed by atoms with E-state index in [0.29, 0.717) is 5.30 Å². The smallest absolute Gasteiger partial charge is 0.273 e. The van der Waals surface area contributed by atoms with Crippen LogP contribution >= 0.6 is 7.37 Å². The second kappa shape index (κ2) is 5.57. The fraction of sp³-hybridized carbons (Fsp3) is 0.143. The predicted molar refractivity (Wildman–Crippen MR) is 77.4 cm³/mol. The Morgan fingerprint density at radius 1 is 1.10 bits per heavy atom. The third-order valence-electron chi connectivity index (χ3n) is 3.23. The molecule has 104 valence electrons. The van der Waals surface area contributed by atoms with Crippen molar-refractivity contribution in [3.05, 3.63) is 70.3 Å². The van der Waals surface area contributed by atoms with Gasteiger partial charge in [0.25, 0.3) is 5.69 Å². The van der Waals surface area contributed by atoms with Gasteiger partial charge in [0.15, 0.2) is 0 Å². The van der Waals surface area contributed by atoms with Gasteiger partial charge in [0.05, 0.1) is 10.6 Å². The number of para-hydroxylation sites is 1. The zero-order chi connectivity index (χ0) is 14.8. The van der Waals surface area contributed by atoms with Crippen LogP contribution < -0.4 is 5.30 Å². The molecule has 2 unspecified atom stereocenters. The molecule has 0 bridgehead atoms. The molecular weight excluding hydrogens is 277 g/mol. The van der Waals surface area contributed by atoms with Crippen molar-refractivity contribution in [1.82, 2.24) is 0 Å². The Bertz CT molecular complexity index is 672. The fourth-order valence-corrected chi connectivity index (χ4v) is 3.70. The van der Waals surface area contributed by atoms with Crippen LogP contribution in [-0.2, 0) is 4.57 Å². The Hall–Kier alpha value is -1.97. The normalized spacial score (nSPS) is 15.3. The van der Waals surface area contributed by atoms with E-state index in [1.165, 1.54) is 19.1 Å². The zero-order valence-corrected chi connectivity index (χ0v) is 11.7. The number of hydrogen-bond acceptors (Lipinski definition) is 3. The second-order valence-electron chi connectivity index (χ2n) is 4.45. The average Bonchev–Trinajstić information content (AvgIpc) is 2.47. The molecule has 0 spiro atoms. The van der Waals surface area contributed by atoms with Crippen LogP contribution in [0.4, 0.5) is 5.69 Å². The summed E-state index contributed by atoms with van der Waals surface area (Å²) in [6.45, 7) is 1.54. The maximum atomic E-state index is 12.6. The highest BCUT2D eigenvalue weighted by molar-refractivity contribution is 7.66. The number of nitro groups is 1. The predicted octanol–water partition coefficient (Wildman–Crippen LogP) is 3.25. The summed E-state index contributed by atoms with van der Waals surface area (Å²) in [5, 5.41) is 11.3. The number of benzene rings is 2. The van der Waals surface area contributed by atoms with E-state index in [2.05, 4.69) is 0 Å². The quantitative estimate of drug-likeness (QED) is 0.532. The minimum absolute atomic E-state index is 0.134. The van der Waals surface area contributed by atoms with Crippen molar-refractivity contribution in [3.8, 4) is 0 Å². The van der Waals surface area contributed by atoms with Crippen LogP contribution in [0.2, 0.25) is 0 Å². The Kier molecular flexibility index (Phi) is 4.02. The molecule has 0 amide bonds. The monoisotopic (exact) mass is 291 g/mol. The third-order valence-corrected chi connectivity index (χ3v) is 5.60. The molecule has 1 N–H and O–H groups in total. The van der Waals surface area contributed by atoms with Gasteiger partial charge in [-0.1, -0.05) is 36.4 Å². The lowest BCUT2D eigenvalue weighted by Gasteiger charge is -2.19. The molecule has 0 saturated heterocycles. The first kappa shape index (κ1) is 14.4. The van der Waals surface area contributed by atoms with Gasteiger partial charge in [-0.2, -0.15) is 0 Å². The molecule has 0 saturated carbocycles. The molecule has 2 aromatic carbocycles. The highest BCUT2D eigenvalue weighted by atomic mass is 31.2. The minimum atomic E-state index is -3.73. The van der Waals surface area contributed by atoms with Crippen LogP contribution in [0.3, 0.4) is 0 Å². The maximum Gasteiger partial charge on any atom is 0.273 e. The van der Waals surface area contributed by atoms with Gasteiger partial charge in [0, 0.05) is 16.9 Å². The van der Waals surface area contributed by atoms with Crippen LogP contribution in [0.1, 0.15) is 18.1 Å². The van der Waals surface area contributed by atoms with E-state index < -0.39 is 18.0 Å². The molecule has 6 heteroatoms. The Labute approximate surface area is 116 Å². The zero-order valence-electron chi connectivity index (χ0n) is 10.8. The van der Waals surface area contributed by atoms with Crippen LogP contribution in [0.5, 0.6) is 0 Å². The molecular formula is C14H14NO4P. The number of hydrogen-bond donors (Lipinski definition) is 1. The molecule has 0 aliphatic heterocycles. The number of nitro benzene ring substituents is 1. The molecule has 0 aliphatic rings. The molecule has 0 fully saturated rings. The first-order valence-corrected chi connectivity index (χ1v) is 7.79. The van der Waals surface area contributed by atoms with Crippen LogP contribution in [-0.4, -0.2) is 9.82 Å².